The minimum atomic E-state index is -2.06. The van der Waals surface area contributed by atoms with E-state index in [2.05, 4.69) is 10.6 Å². The molecule has 9 aliphatic rings. The average molecular weight is 838 g/mol. The fourth-order valence-corrected chi connectivity index (χ4v) is 16.0. The Morgan fingerprint density at radius 2 is 1.72 bits per heavy atom. The molecule has 3 saturated carbocycles. The number of aliphatic hydroxyl groups excluding tert-OH is 6. The van der Waals surface area contributed by atoms with Crippen LogP contribution < -0.4 is 10.6 Å². The van der Waals surface area contributed by atoms with Crippen LogP contribution in [0, 0.1) is 46.8 Å². The van der Waals surface area contributed by atoms with Gasteiger partial charge in [0.25, 0.3) is 0 Å². The number of piperidine rings is 2. The van der Waals surface area contributed by atoms with Gasteiger partial charge in [0.2, 0.25) is 0 Å². The van der Waals surface area contributed by atoms with Gasteiger partial charge in [0.15, 0.2) is 12.1 Å². The zero-order chi connectivity index (χ0) is 40.1. The minimum Gasteiger partial charge on any atom is -0.511 e. The third kappa shape index (κ3) is 7.75. The Kier molecular flexibility index (Phi) is 13.2. The first-order valence-corrected chi connectivity index (χ1v) is 24.1. The van der Waals surface area contributed by atoms with Crippen molar-refractivity contribution in [2.45, 2.75) is 149 Å². The summed E-state index contributed by atoms with van der Waals surface area (Å²) in [7, 11) is 3.19. The molecule has 15 heteroatoms. The van der Waals surface area contributed by atoms with Crippen LogP contribution in [-0.2, 0) is 19.1 Å². The maximum absolute atomic E-state index is 15.8. The highest BCUT2D eigenvalue weighted by Gasteiger charge is 2.67. The van der Waals surface area contributed by atoms with Crippen molar-refractivity contribution in [1.29, 1.82) is 0 Å². The number of carbonyl (C=O) groups excluding carboxylic acids is 2. The largest absolute Gasteiger partial charge is 0.511 e. The van der Waals surface area contributed by atoms with Crippen LogP contribution in [0.5, 0.6) is 0 Å². The number of ether oxygens (including phenoxy) is 2. The number of nitrogens with one attached hydrogen (secondary N) is 1. The third-order valence-corrected chi connectivity index (χ3v) is 18.7. The Labute approximate surface area is 343 Å². The van der Waals surface area contributed by atoms with E-state index in [1.54, 1.807) is 16.9 Å². The van der Waals surface area contributed by atoms with Crippen LogP contribution in [-0.4, -0.2) is 127 Å². The summed E-state index contributed by atoms with van der Waals surface area (Å²) < 4.78 is 12.6. The first-order chi connectivity index (χ1) is 27.5. The second-order valence-corrected chi connectivity index (χ2v) is 21.3. The molecule has 10 N–H and O–H groups in total. The molecule has 320 valence electrons. The van der Waals surface area contributed by atoms with E-state index in [0.29, 0.717) is 44.9 Å². The SMILES string of the molecule is O=C1C2CCCC3O[C@@H]4O[C@H](CO)[C@@H](O)[C@](O)(CCC5CC[NH2+]C6N[C@@H](CCC56)SS[C@@H](CCCO)[C@@]5(C(=O)C32)C(O)=CC(CC2CCCC(CO)C2)=C[C@@H]15)[C@H]4O. The predicted molar refractivity (Wildman–Crippen MR) is 213 cm³/mol. The quantitative estimate of drug-likeness (QED) is 0.167. The van der Waals surface area contributed by atoms with Crippen molar-refractivity contribution in [1.82, 2.24) is 5.32 Å². The number of hydrogen-bond acceptors (Lipinski definition) is 14. The summed E-state index contributed by atoms with van der Waals surface area (Å²) >= 11 is 0. The first-order valence-electron chi connectivity index (χ1n) is 21.9. The Morgan fingerprint density at radius 3 is 2.51 bits per heavy atom. The van der Waals surface area contributed by atoms with Gasteiger partial charge in [-0.25, -0.2) is 0 Å². The van der Waals surface area contributed by atoms with Gasteiger partial charge in [0.05, 0.1) is 36.5 Å². The van der Waals surface area contributed by atoms with E-state index < -0.39 is 71.3 Å². The lowest BCUT2D eigenvalue weighted by molar-refractivity contribution is -0.715. The Hall–Kier alpha value is -1.08. The summed E-state index contributed by atoms with van der Waals surface area (Å²) in [5, 5.41) is 84.0. The molecule has 8 bridgehead atoms. The predicted octanol–water partition coefficient (Wildman–Crippen LogP) is 1.83. The van der Waals surface area contributed by atoms with E-state index >= 15 is 9.59 Å². The van der Waals surface area contributed by atoms with Crippen molar-refractivity contribution in [3.63, 3.8) is 0 Å². The molecule has 0 amide bonds. The van der Waals surface area contributed by atoms with Crippen LogP contribution in [0.2, 0.25) is 0 Å². The first kappa shape index (κ1) is 42.6. The summed E-state index contributed by atoms with van der Waals surface area (Å²) in [6.07, 6.45) is 6.81. The minimum absolute atomic E-state index is 0.0329. The summed E-state index contributed by atoms with van der Waals surface area (Å²) in [6, 6.07) is 0. The normalized spacial score (nSPS) is 47.9. The number of fused-ring (bicyclic) bond motifs is 4. The van der Waals surface area contributed by atoms with Crippen LogP contribution >= 0.6 is 21.6 Å². The van der Waals surface area contributed by atoms with Crippen LogP contribution in [0.15, 0.2) is 23.5 Å². The number of allylic oxidation sites excluding steroid dienone is 4. The molecule has 0 aromatic carbocycles. The Bertz CT molecular complexity index is 1540. The molecule has 5 heterocycles. The van der Waals surface area contributed by atoms with Crippen molar-refractivity contribution < 1.29 is 60.1 Å². The molecule has 57 heavy (non-hydrogen) atoms. The van der Waals surface area contributed by atoms with Gasteiger partial charge in [-0.3, -0.25) is 14.9 Å². The second-order valence-electron chi connectivity index (χ2n) is 18.6. The zero-order valence-electron chi connectivity index (χ0n) is 32.9. The molecule has 13 nitrogen and oxygen atoms in total. The van der Waals surface area contributed by atoms with Crippen molar-refractivity contribution >= 4 is 33.2 Å². The molecule has 4 aliphatic carbocycles. The highest BCUT2D eigenvalue weighted by Crippen LogP contribution is 2.60. The van der Waals surface area contributed by atoms with Gasteiger partial charge >= 0.3 is 0 Å². The lowest BCUT2D eigenvalue weighted by atomic mass is 9.50. The fourth-order valence-electron chi connectivity index (χ4n) is 12.5. The van der Waals surface area contributed by atoms with E-state index in [-0.39, 0.29) is 72.2 Å². The van der Waals surface area contributed by atoms with Gasteiger partial charge in [-0.2, -0.15) is 0 Å². The van der Waals surface area contributed by atoms with Crippen LogP contribution in [0.4, 0.5) is 0 Å². The maximum atomic E-state index is 15.8. The van der Waals surface area contributed by atoms with Crippen molar-refractivity contribution in [2.75, 3.05) is 26.4 Å². The molecule has 8 fully saturated rings. The summed E-state index contributed by atoms with van der Waals surface area (Å²) in [5.74, 6) is -2.12. The molecular weight excluding hydrogens is 773 g/mol. The molecule has 0 aromatic rings. The number of aliphatic hydroxyl groups is 7. The fraction of sp³-hybridized carbons (Fsp3) is 0.857. The van der Waals surface area contributed by atoms with Crippen molar-refractivity contribution in [2.24, 2.45) is 46.8 Å². The van der Waals surface area contributed by atoms with Crippen LogP contribution in [0.3, 0.4) is 0 Å². The van der Waals surface area contributed by atoms with E-state index in [4.69, 9.17) is 9.47 Å². The molecule has 8 unspecified atom stereocenters. The van der Waals surface area contributed by atoms with Gasteiger partial charge in [-0.05, 0) is 106 Å². The zero-order valence-corrected chi connectivity index (χ0v) is 34.5. The number of nitrogens with two attached hydrogens (primary N) is 1. The van der Waals surface area contributed by atoms with Gasteiger partial charge in [-0.1, -0.05) is 46.9 Å². The van der Waals surface area contributed by atoms with E-state index in [0.717, 1.165) is 57.1 Å². The van der Waals surface area contributed by atoms with Gasteiger partial charge in [-0.15, -0.1) is 0 Å². The number of Topliss-reactive ketones (excluding diaryl/α,β-unsaturated/α-hetero) is 2. The standard InChI is InChI=1S/C42H64N2O11S2/c45-15-3-8-32-42-28(18-24(19-31(42)48)17-22-4-1-5-23(16-22)20-46)35(49)27-6-2-7-29(34(27)37(42)51)54-40-38(52)41(53,36(50)30(21-47)55-40)13-11-25-12-14-43-39-26(25)9-10-33(44-39)57-56-32/h18-19,22-23,25-30,32-34,36,38-40,43-48,50,52-53H,1-17,20-21H2/p+1/t22?,23?,25?,26?,27?,28-,29?,30+,32-,33+,34?,36+,38-,39?,40+,41+,42-/m0/s1. The summed E-state index contributed by atoms with van der Waals surface area (Å²) in [4.78, 5) is 30.9. The molecule has 9 rings (SSSR count). The highest BCUT2D eigenvalue weighted by molar-refractivity contribution is 8.77. The van der Waals surface area contributed by atoms with Crippen LogP contribution in [0.1, 0.15) is 96.3 Å². The molecule has 17 atom stereocenters. The van der Waals surface area contributed by atoms with E-state index in [1.165, 1.54) is 10.8 Å². The molecule has 0 radical (unpaired) electrons. The van der Waals surface area contributed by atoms with Gasteiger partial charge in [0, 0.05) is 30.3 Å². The Balaban J connectivity index is 1.20. The second kappa shape index (κ2) is 17.7. The van der Waals surface area contributed by atoms with Crippen LogP contribution in [0.25, 0.3) is 0 Å². The molecule has 0 aromatic heterocycles. The van der Waals surface area contributed by atoms with Gasteiger partial charge in [0.1, 0.15) is 47.0 Å². The molecular formula is C42H65N2O11S2+. The number of carbonyl (C=O) groups is 2. The molecule has 5 saturated heterocycles. The monoisotopic (exact) mass is 837 g/mol. The number of rotatable bonds is 7. The number of quaternary nitrogens is 1. The van der Waals surface area contributed by atoms with E-state index in [1.807, 2.05) is 6.08 Å². The number of ketones is 2. The van der Waals surface area contributed by atoms with Gasteiger partial charge < -0.3 is 50.5 Å². The number of hydrogen-bond donors (Lipinski definition) is 9. The Morgan fingerprint density at radius 1 is 0.912 bits per heavy atom. The summed E-state index contributed by atoms with van der Waals surface area (Å²) in [5.41, 5.74) is -2.85. The summed E-state index contributed by atoms with van der Waals surface area (Å²) in [6.45, 7) is 0.282. The average Bonchev–Trinajstić information content (AvgIpc) is 3.22. The van der Waals surface area contributed by atoms with E-state index in [9.17, 15) is 35.7 Å². The molecule has 1 spiro atoms. The lowest BCUT2D eigenvalue weighted by Gasteiger charge is -2.55. The molecule has 5 aliphatic heterocycles. The lowest BCUT2D eigenvalue weighted by Crippen LogP contribution is -2.98. The van der Waals surface area contributed by atoms with Crippen molar-refractivity contribution in [3.8, 4) is 0 Å². The highest BCUT2D eigenvalue weighted by atomic mass is 33.1. The maximum Gasteiger partial charge on any atom is 0.187 e. The third-order valence-electron chi connectivity index (χ3n) is 15.4. The smallest absolute Gasteiger partial charge is 0.187 e. The van der Waals surface area contributed by atoms with Crippen molar-refractivity contribution in [3.05, 3.63) is 23.5 Å². The topological polar surface area (TPSA) is 223 Å².